The number of halogens is 1. The second kappa shape index (κ2) is 7.19. The molecule has 1 saturated heterocycles. The van der Waals surface area contributed by atoms with Gasteiger partial charge in [0, 0.05) is 24.2 Å². The van der Waals surface area contributed by atoms with Crippen LogP contribution in [-0.2, 0) is 4.79 Å². The highest BCUT2D eigenvalue weighted by atomic mass is 19.1. The van der Waals surface area contributed by atoms with E-state index in [2.05, 4.69) is 15.4 Å². The fourth-order valence-electron chi connectivity index (χ4n) is 3.71. The lowest BCUT2D eigenvalue weighted by atomic mass is 9.98. The number of piperazine rings is 1. The molecule has 2 aromatic heterocycles. The van der Waals surface area contributed by atoms with E-state index in [1.165, 1.54) is 17.0 Å². The van der Waals surface area contributed by atoms with Crippen LogP contribution in [-0.4, -0.2) is 49.9 Å². The summed E-state index contributed by atoms with van der Waals surface area (Å²) in [7, 11) is 0. The topological polar surface area (TPSA) is 79.6 Å². The number of imidazole rings is 1. The zero-order valence-electron chi connectivity index (χ0n) is 17.4. The molecule has 2 amide bonds. The Morgan fingerprint density at radius 3 is 2.73 bits per heavy atom. The van der Waals surface area contributed by atoms with Gasteiger partial charge in [-0.25, -0.2) is 13.9 Å². The zero-order valence-corrected chi connectivity index (χ0v) is 17.4. The molecule has 0 aliphatic carbocycles. The molecule has 4 rings (SSSR count). The average Bonchev–Trinajstić information content (AvgIpc) is 3.12. The van der Waals surface area contributed by atoms with Gasteiger partial charge in [-0.3, -0.25) is 9.59 Å². The molecule has 1 fully saturated rings. The van der Waals surface area contributed by atoms with E-state index in [0.29, 0.717) is 30.0 Å². The van der Waals surface area contributed by atoms with Crippen molar-refractivity contribution in [2.24, 2.45) is 0 Å². The van der Waals surface area contributed by atoms with Crippen LogP contribution in [0, 0.1) is 5.82 Å². The Labute approximate surface area is 173 Å². The molecular weight excluding hydrogens is 385 g/mol. The first-order chi connectivity index (χ1) is 14.2. The Morgan fingerprint density at radius 1 is 1.27 bits per heavy atom. The minimum Gasteiger partial charge on any atom is -0.352 e. The lowest BCUT2D eigenvalue weighted by Gasteiger charge is -2.40. The van der Waals surface area contributed by atoms with Crippen LogP contribution in [0.3, 0.4) is 0 Å². The molecule has 156 valence electrons. The maximum Gasteiger partial charge on any atom is 0.275 e. The number of nitrogens with zero attached hydrogens (tertiary/aromatic N) is 4. The molecule has 1 N–H and O–H groups in total. The Bertz CT molecular complexity index is 1150. The van der Waals surface area contributed by atoms with Gasteiger partial charge in [0.1, 0.15) is 17.1 Å². The van der Waals surface area contributed by atoms with Gasteiger partial charge in [-0.1, -0.05) is 26.0 Å². The minimum absolute atomic E-state index is 0.116. The van der Waals surface area contributed by atoms with Crippen molar-refractivity contribution in [3.63, 3.8) is 0 Å². The predicted molar refractivity (Wildman–Crippen MR) is 111 cm³/mol. The molecule has 3 aromatic rings. The van der Waals surface area contributed by atoms with Crippen molar-refractivity contribution in [3.05, 3.63) is 53.6 Å². The lowest BCUT2D eigenvalue weighted by molar-refractivity contribution is -0.133. The summed E-state index contributed by atoms with van der Waals surface area (Å²) in [6.45, 7) is 8.30. The molecule has 0 bridgehead atoms. The van der Waals surface area contributed by atoms with E-state index >= 15 is 0 Å². The van der Waals surface area contributed by atoms with Crippen LogP contribution < -0.4 is 5.32 Å². The molecule has 1 aliphatic heterocycles. The van der Waals surface area contributed by atoms with Crippen molar-refractivity contribution in [2.75, 3.05) is 13.1 Å². The van der Waals surface area contributed by atoms with Gasteiger partial charge in [0.25, 0.3) is 5.91 Å². The van der Waals surface area contributed by atoms with Crippen molar-refractivity contribution in [1.82, 2.24) is 24.8 Å². The zero-order chi connectivity index (χ0) is 21.6. The van der Waals surface area contributed by atoms with Crippen LogP contribution in [0.5, 0.6) is 0 Å². The normalized spacial score (nSPS) is 16.2. The summed E-state index contributed by atoms with van der Waals surface area (Å²) in [6.07, 6.45) is 1.58. The molecule has 0 spiro atoms. The highest BCUT2D eigenvalue weighted by Crippen LogP contribution is 2.27. The van der Waals surface area contributed by atoms with Crippen LogP contribution >= 0.6 is 0 Å². The Morgan fingerprint density at radius 2 is 2.03 bits per heavy atom. The van der Waals surface area contributed by atoms with Gasteiger partial charge in [-0.15, -0.1) is 0 Å². The molecule has 0 radical (unpaired) electrons. The average molecular weight is 409 g/mol. The van der Waals surface area contributed by atoms with Gasteiger partial charge in [0.15, 0.2) is 5.65 Å². The summed E-state index contributed by atoms with van der Waals surface area (Å²) >= 11 is 0. The van der Waals surface area contributed by atoms with Crippen molar-refractivity contribution < 1.29 is 14.0 Å². The van der Waals surface area contributed by atoms with Crippen LogP contribution in [0.2, 0.25) is 0 Å². The molecule has 1 aromatic carbocycles. The largest absolute Gasteiger partial charge is 0.352 e. The van der Waals surface area contributed by atoms with Crippen molar-refractivity contribution in [1.29, 1.82) is 0 Å². The van der Waals surface area contributed by atoms with E-state index in [1.807, 2.05) is 19.9 Å². The standard InChI is InChI=1S/C22H24FN5O2/c1-13(2)16-11-17(14-6-5-7-15(23)10-14)26-28-12-18(25-19(16)28)20(29)27-9-8-24-21(30)22(27,3)4/h5-7,10-13H,8-9H2,1-4H3,(H,24,30). The third-order valence-electron chi connectivity index (χ3n) is 5.51. The fourth-order valence-corrected chi connectivity index (χ4v) is 3.71. The van der Waals surface area contributed by atoms with E-state index in [1.54, 1.807) is 36.7 Å². The van der Waals surface area contributed by atoms with E-state index in [4.69, 9.17) is 0 Å². The summed E-state index contributed by atoms with van der Waals surface area (Å²) in [4.78, 5) is 31.5. The summed E-state index contributed by atoms with van der Waals surface area (Å²) < 4.78 is 15.3. The monoisotopic (exact) mass is 409 g/mol. The molecular formula is C22H24FN5O2. The molecule has 7 nitrogen and oxygen atoms in total. The Hall–Kier alpha value is -3.29. The van der Waals surface area contributed by atoms with E-state index in [9.17, 15) is 14.0 Å². The van der Waals surface area contributed by atoms with Crippen LogP contribution in [0.4, 0.5) is 4.39 Å². The third-order valence-corrected chi connectivity index (χ3v) is 5.51. The van der Waals surface area contributed by atoms with Gasteiger partial charge in [-0.05, 0) is 38.0 Å². The number of amides is 2. The Kier molecular flexibility index (Phi) is 4.80. The van der Waals surface area contributed by atoms with Gasteiger partial charge in [0.2, 0.25) is 5.91 Å². The van der Waals surface area contributed by atoms with Crippen molar-refractivity contribution in [3.8, 4) is 11.3 Å². The molecule has 0 atom stereocenters. The molecule has 1 aliphatic rings. The van der Waals surface area contributed by atoms with Gasteiger partial charge in [0.05, 0.1) is 11.9 Å². The number of rotatable bonds is 3. The maximum atomic E-state index is 13.7. The first-order valence-electron chi connectivity index (χ1n) is 9.95. The highest BCUT2D eigenvalue weighted by Gasteiger charge is 2.41. The number of aromatic nitrogens is 3. The number of fused-ring (bicyclic) bond motifs is 1. The highest BCUT2D eigenvalue weighted by molar-refractivity contribution is 5.99. The van der Waals surface area contributed by atoms with Crippen LogP contribution in [0.1, 0.15) is 49.7 Å². The van der Waals surface area contributed by atoms with E-state index in [-0.39, 0.29) is 29.2 Å². The third kappa shape index (κ3) is 3.32. The number of carbonyl (C=O) groups excluding carboxylic acids is 2. The first-order valence-corrected chi connectivity index (χ1v) is 9.95. The fraction of sp³-hybridized carbons (Fsp3) is 0.364. The number of carbonyl (C=O) groups is 2. The molecule has 3 heterocycles. The van der Waals surface area contributed by atoms with Crippen LogP contribution in [0.15, 0.2) is 36.5 Å². The second-order valence-electron chi connectivity index (χ2n) is 8.32. The van der Waals surface area contributed by atoms with Crippen molar-refractivity contribution >= 4 is 17.5 Å². The molecule has 0 unspecified atom stereocenters. The summed E-state index contributed by atoms with van der Waals surface area (Å²) in [5.74, 6) is -0.736. The summed E-state index contributed by atoms with van der Waals surface area (Å²) in [6, 6.07) is 8.12. The number of hydrogen-bond acceptors (Lipinski definition) is 4. The SMILES string of the molecule is CC(C)c1cc(-c2cccc(F)c2)nn2cc(C(=O)N3CCNC(=O)C3(C)C)nc12. The molecule has 0 saturated carbocycles. The van der Waals surface area contributed by atoms with Gasteiger partial charge in [-0.2, -0.15) is 5.10 Å². The maximum absolute atomic E-state index is 13.7. The smallest absolute Gasteiger partial charge is 0.275 e. The van der Waals surface area contributed by atoms with Gasteiger partial charge >= 0.3 is 0 Å². The lowest BCUT2D eigenvalue weighted by Crippen LogP contribution is -2.63. The van der Waals surface area contributed by atoms with E-state index in [0.717, 1.165) is 5.56 Å². The number of benzene rings is 1. The Balaban J connectivity index is 1.81. The van der Waals surface area contributed by atoms with Gasteiger partial charge < -0.3 is 10.2 Å². The molecule has 8 heteroatoms. The number of hydrogen-bond donors (Lipinski definition) is 1. The predicted octanol–water partition coefficient (Wildman–Crippen LogP) is 3.01. The first kappa shape index (κ1) is 20.0. The summed E-state index contributed by atoms with van der Waals surface area (Å²) in [5, 5.41) is 7.35. The quantitative estimate of drug-likeness (QED) is 0.721. The van der Waals surface area contributed by atoms with Crippen molar-refractivity contribution in [2.45, 2.75) is 39.2 Å². The molecule has 30 heavy (non-hydrogen) atoms. The second-order valence-corrected chi connectivity index (χ2v) is 8.32. The van der Waals surface area contributed by atoms with Crippen LogP contribution in [0.25, 0.3) is 16.9 Å². The minimum atomic E-state index is -0.966. The summed E-state index contributed by atoms with van der Waals surface area (Å²) in [5.41, 5.74) is 1.98. The van der Waals surface area contributed by atoms with E-state index < -0.39 is 5.54 Å². The number of nitrogens with one attached hydrogen (secondary N) is 1.